The zero-order valence-electron chi connectivity index (χ0n) is 13.8. The van der Waals surface area contributed by atoms with Crippen LogP contribution in [0.15, 0.2) is 0 Å². The molecule has 0 bridgehead atoms. The third-order valence-electron chi connectivity index (χ3n) is 5.05. The second kappa shape index (κ2) is 8.73. The first-order valence-electron chi connectivity index (χ1n) is 8.37. The van der Waals surface area contributed by atoms with E-state index in [1.807, 2.05) is 23.6 Å². The molecule has 6 heteroatoms. The molecule has 22 heavy (non-hydrogen) atoms. The lowest BCUT2D eigenvalue weighted by molar-refractivity contribution is -0.143. The summed E-state index contributed by atoms with van der Waals surface area (Å²) in [6.45, 7) is 6.78. The Hall–Kier alpha value is -0.810. The summed E-state index contributed by atoms with van der Waals surface area (Å²) in [5.41, 5.74) is 5.77. The molecule has 0 saturated carbocycles. The van der Waals surface area contributed by atoms with E-state index in [1.54, 1.807) is 0 Å². The fourth-order valence-electron chi connectivity index (χ4n) is 3.47. The van der Waals surface area contributed by atoms with Gasteiger partial charge in [0, 0.05) is 38.1 Å². The number of carbonyl (C=O) groups excluding carboxylic acids is 2. The lowest BCUT2D eigenvalue weighted by Crippen LogP contribution is -2.50. The van der Waals surface area contributed by atoms with Crippen molar-refractivity contribution in [2.45, 2.75) is 52.0 Å². The standard InChI is InChI=1S/C16H29N3O2.ClH/c1-3-12(2)15(20)18-8-4-6-13(11-18)16(21)19-9-5-7-14(19)10-17;/h12-14H,3-11,17H2,1-2H3;1H. The SMILES string of the molecule is CCC(C)C(=O)N1CCCC(C(=O)N2CCCC2CN)C1.Cl. The van der Waals surface area contributed by atoms with Crippen molar-refractivity contribution < 1.29 is 9.59 Å². The zero-order valence-corrected chi connectivity index (χ0v) is 14.6. The van der Waals surface area contributed by atoms with Gasteiger partial charge in [-0.2, -0.15) is 0 Å². The molecule has 3 atom stereocenters. The van der Waals surface area contributed by atoms with Crippen LogP contribution in [0.1, 0.15) is 46.0 Å². The number of hydrogen-bond donors (Lipinski definition) is 1. The van der Waals surface area contributed by atoms with Gasteiger partial charge in [-0.1, -0.05) is 13.8 Å². The number of nitrogens with zero attached hydrogens (tertiary/aromatic N) is 2. The molecule has 2 rings (SSSR count). The molecule has 0 aromatic heterocycles. The maximum Gasteiger partial charge on any atom is 0.227 e. The molecule has 2 heterocycles. The summed E-state index contributed by atoms with van der Waals surface area (Å²) in [7, 11) is 0. The fraction of sp³-hybridized carbons (Fsp3) is 0.875. The predicted molar refractivity (Wildman–Crippen MR) is 89.8 cm³/mol. The maximum absolute atomic E-state index is 12.7. The molecule has 2 aliphatic heterocycles. The van der Waals surface area contributed by atoms with Crippen LogP contribution < -0.4 is 5.73 Å². The molecule has 5 nitrogen and oxygen atoms in total. The van der Waals surface area contributed by atoms with Crippen molar-refractivity contribution in [3.05, 3.63) is 0 Å². The summed E-state index contributed by atoms with van der Waals surface area (Å²) in [4.78, 5) is 28.9. The van der Waals surface area contributed by atoms with Crippen LogP contribution in [0, 0.1) is 11.8 Å². The molecule has 0 aromatic carbocycles. The molecule has 2 amide bonds. The minimum absolute atomic E-state index is 0. The van der Waals surface area contributed by atoms with Crippen molar-refractivity contribution in [2.24, 2.45) is 17.6 Å². The number of halogens is 1. The van der Waals surface area contributed by atoms with E-state index in [0.29, 0.717) is 13.1 Å². The molecule has 0 aromatic rings. The number of hydrogen-bond acceptors (Lipinski definition) is 3. The molecule has 0 aliphatic carbocycles. The predicted octanol–water partition coefficient (Wildman–Crippen LogP) is 1.64. The highest BCUT2D eigenvalue weighted by Crippen LogP contribution is 2.25. The Morgan fingerprint density at radius 1 is 1.23 bits per heavy atom. The van der Waals surface area contributed by atoms with Crippen LogP contribution in [0.5, 0.6) is 0 Å². The quantitative estimate of drug-likeness (QED) is 0.851. The molecule has 0 radical (unpaired) electrons. The average molecular weight is 332 g/mol. The Morgan fingerprint density at radius 3 is 2.55 bits per heavy atom. The number of amides is 2. The fourth-order valence-corrected chi connectivity index (χ4v) is 3.47. The third kappa shape index (κ3) is 4.13. The van der Waals surface area contributed by atoms with E-state index in [9.17, 15) is 9.59 Å². The molecule has 0 spiro atoms. The van der Waals surface area contributed by atoms with Gasteiger partial charge in [0.05, 0.1) is 5.92 Å². The van der Waals surface area contributed by atoms with Gasteiger partial charge in [0.1, 0.15) is 0 Å². The van der Waals surface area contributed by atoms with Crippen molar-refractivity contribution in [3.63, 3.8) is 0 Å². The Morgan fingerprint density at radius 2 is 1.91 bits per heavy atom. The van der Waals surface area contributed by atoms with E-state index in [0.717, 1.165) is 45.2 Å². The molecule has 3 unspecified atom stereocenters. The van der Waals surface area contributed by atoms with Gasteiger partial charge < -0.3 is 15.5 Å². The highest BCUT2D eigenvalue weighted by Gasteiger charge is 2.36. The minimum atomic E-state index is -0.0288. The first-order chi connectivity index (χ1) is 10.1. The molecule has 2 aliphatic rings. The number of nitrogens with two attached hydrogens (primary N) is 1. The van der Waals surface area contributed by atoms with E-state index in [2.05, 4.69) is 0 Å². The summed E-state index contributed by atoms with van der Waals surface area (Å²) in [5.74, 6) is 0.442. The Labute approximate surface area is 140 Å². The molecular weight excluding hydrogens is 302 g/mol. The van der Waals surface area contributed by atoms with Crippen LogP contribution in [0.2, 0.25) is 0 Å². The summed E-state index contributed by atoms with van der Waals surface area (Å²) < 4.78 is 0. The van der Waals surface area contributed by atoms with Crippen LogP contribution in [-0.2, 0) is 9.59 Å². The van der Waals surface area contributed by atoms with Crippen molar-refractivity contribution in [3.8, 4) is 0 Å². The van der Waals surface area contributed by atoms with Gasteiger partial charge in [-0.15, -0.1) is 12.4 Å². The third-order valence-corrected chi connectivity index (χ3v) is 5.05. The summed E-state index contributed by atoms with van der Waals surface area (Å²) in [5, 5.41) is 0. The van der Waals surface area contributed by atoms with E-state index in [4.69, 9.17) is 5.73 Å². The smallest absolute Gasteiger partial charge is 0.227 e. The topological polar surface area (TPSA) is 66.6 Å². The number of piperidine rings is 1. The Balaban J connectivity index is 0.00000242. The van der Waals surface area contributed by atoms with Crippen molar-refractivity contribution in [1.29, 1.82) is 0 Å². The molecule has 2 saturated heterocycles. The number of rotatable bonds is 4. The maximum atomic E-state index is 12.7. The van der Waals surface area contributed by atoms with E-state index < -0.39 is 0 Å². The van der Waals surface area contributed by atoms with Crippen LogP contribution in [0.3, 0.4) is 0 Å². The largest absolute Gasteiger partial charge is 0.342 e. The lowest BCUT2D eigenvalue weighted by atomic mass is 9.94. The van der Waals surface area contributed by atoms with Gasteiger partial charge in [-0.25, -0.2) is 0 Å². The molecule has 128 valence electrons. The first-order valence-corrected chi connectivity index (χ1v) is 8.37. The van der Waals surface area contributed by atoms with Gasteiger partial charge in [0.15, 0.2) is 0 Å². The summed E-state index contributed by atoms with van der Waals surface area (Å²) >= 11 is 0. The number of likely N-dealkylation sites (tertiary alicyclic amines) is 2. The summed E-state index contributed by atoms with van der Waals surface area (Å²) in [6.07, 6.45) is 4.76. The van der Waals surface area contributed by atoms with Crippen LogP contribution in [0.25, 0.3) is 0 Å². The van der Waals surface area contributed by atoms with Gasteiger partial charge in [-0.05, 0) is 32.1 Å². The molecule has 2 N–H and O–H groups in total. The van der Waals surface area contributed by atoms with Gasteiger partial charge >= 0.3 is 0 Å². The number of carbonyl (C=O) groups is 2. The first kappa shape index (κ1) is 19.2. The van der Waals surface area contributed by atoms with Crippen LogP contribution in [-0.4, -0.2) is 53.8 Å². The second-order valence-electron chi connectivity index (χ2n) is 6.50. The van der Waals surface area contributed by atoms with Gasteiger partial charge in [0.25, 0.3) is 0 Å². The van der Waals surface area contributed by atoms with Crippen molar-refractivity contribution in [1.82, 2.24) is 9.80 Å². The minimum Gasteiger partial charge on any atom is -0.342 e. The average Bonchev–Trinajstić information content (AvgIpc) is 3.01. The Kier molecular flexibility index (Phi) is 7.63. The second-order valence-corrected chi connectivity index (χ2v) is 6.50. The molecular formula is C16H30ClN3O2. The highest BCUT2D eigenvalue weighted by molar-refractivity contribution is 5.85. The Bertz CT molecular complexity index is 392. The highest BCUT2D eigenvalue weighted by atomic mass is 35.5. The lowest BCUT2D eigenvalue weighted by Gasteiger charge is -2.36. The van der Waals surface area contributed by atoms with Crippen molar-refractivity contribution in [2.75, 3.05) is 26.2 Å². The van der Waals surface area contributed by atoms with E-state index >= 15 is 0 Å². The van der Waals surface area contributed by atoms with Gasteiger partial charge in [-0.3, -0.25) is 9.59 Å². The normalized spacial score (nSPS) is 26.5. The van der Waals surface area contributed by atoms with Crippen LogP contribution >= 0.6 is 12.4 Å². The summed E-state index contributed by atoms with van der Waals surface area (Å²) in [6, 6.07) is 0.207. The monoisotopic (exact) mass is 331 g/mol. The van der Waals surface area contributed by atoms with E-state index in [1.165, 1.54) is 0 Å². The van der Waals surface area contributed by atoms with Crippen molar-refractivity contribution >= 4 is 24.2 Å². The zero-order chi connectivity index (χ0) is 15.4. The molecule has 2 fully saturated rings. The van der Waals surface area contributed by atoms with Crippen LogP contribution in [0.4, 0.5) is 0 Å². The van der Waals surface area contributed by atoms with E-state index in [-0.39, 0.29) is 42.1 Å². The van der Waals surface area contributed by atoms with Gasteiger partial charge in [0.2, 0.25) is 11.8 Å².